The predicted octanol–water partition coefficient (Wildman–Crippen LogP) is 2.37. The molecule has 1 aliphatic rings. The third-order valence-corrected chi connectivity index (χ3v) is 4.62. The zero-order valence-electron chi connectivity index (χ0n) is 9.56. The number of benzene rings is 1. The molecule has 0 aromatic heterocycles. The molecule has 0 aliphatic carbocycles. The lowest BCUT2D eigenvalue weighted by atomic mass is 10.0. The van der Waals surface area contributed by atoms with Crippen molar-refractivity contribution in [2.45, 2.75) is 31.1 Å². The molecule has 0 bridgehead atoms. The first-order valence-corrected chi connectivity index (χ1v) is 7.15. The lowest BCUT2D eigenvalue weighted by molar-refractivity contribution is 0.314. The summed E-state index contributed by atoms with van der Waals surface area (Å²) in [5, 5.41) is 0. The molecule has 0 fully saturated rings. The first kappa shape index (κ1) is 11.5. The summed E-state index contributed by atoms with van der Waals surface area (Å²) in [6.45, 7) is 4.63. The normalized spacial score (nSPS) is 18.7. The third kappa shape index (κ3) is 2.07. The highest BCUT2D eigenvalue weighted by atomic mass is 32.2. The fraction of sp³-hybridized carbons (Fsp3) is 0.500. The average molecular weight is 240 g/mol. The van der Waals surface area contributed by atoms with Crippen LogP contribution in [0.25, 0.3) is 0 Å². The first-order valence-electron chi connectivity index (χ1n) is 5.50. The molecule has 4 heteroatoms. The molecular formula is C12H16O3S. The van der Waals surface area contributed by atoms with E-state index in [1.165, 1.54) is 0 Å². The molecule has 1 aromatic rings. The van der Waals surface area contributed by atoms with Crippen molar-refractivity contribution in [2.24, 2.45) is 0 Å². The molecule has 0 saturated carbocycles. The van der Waals surface area contributed by atoms with Crippen LogP contribution in [0.3, 0.4) is 0 Å². The van der Waals surface area contributed by atoms with Gasteiger partial charge in [-0.15, -0.1) is 0 Å². The average Bonchev–Trinajstić information content (AvgIpc) is 2.37. The Kier molecular flexibility index (Phi) is 2.93. The monoisotopic (exact) mass is 240 g/mol. The Morgan fingerprint density at radius 3 is 2.75 bits per heavy atom. The van der Waals surface area contributed by atoms with Crippen molar-refractivity contribution in [3.63, 3.8) is 0 Å². The molecule has 3 nitrogen and oxygen atoms in total. The predicted molar refractivity (Wildman–Crippen MR) is 62.7 cm³/mol. The molecule has 0 unspecified atom stereocenters. The van der Waals surface area contributed by atoms with Crippen molar-refractivity contribution in [1.29, 1.82) is 0 Å². The quantitative estimate of drug-likeness (QED) is 0.757. The van der Waals surface area contributed by atoms with Crippen LogP contribution in [0.4, 0.5) is 0 Å². The summed E-state index contributed by atoms with van der Waals surface area (Å²) >= 11 is 0. The highest BCUT2D eigenvalue weighted by Gasteiger charge is 2.23. The topological polar surface area (TPSA) is 43.4 Å². The minimum atomic E-state index is -3.15. The van der Waals surface area contributed by atoms with Crippen molar-refractivity contribution >= 4 is 9.84 Å². The Hall–Kier alpha value is -1.03. The van der Waals surface area contributed by atoms with Gasteiger partial charge in [0.1, 0.15) is 10.6 Å². The van der Waals surface area contributed by atoms with E-state index in [2.05, 4.69) is 13.8 Å². The largest absolute Gasteiger partial charge is 0.492 e. The van der Waals surface area contributed by atoms with Crippen molar-refractivity contribution in [2.75, 3.05) is 12.4 Å². The minimum Gasteiger partial charge on any atom is -0.492 e. The van der Waals surface area contributed by atoms with E-state index in [0.29, 0.717) is 29.6 Å². The third-order valence-electron chi connectivity index (χ3n) is 2.78. The van der Waals surface area contributed by atoms with Gasteiger partial charge in [0, 0.05) is 0 Å². The molecule has 1 aliphatic heterocycles. The van der Waals surface area contributed by atoms with Crippen molar-refractivity contribution in [3.8, 4) is 5.75 Å². The van der Waals surface area contributed by atoms with Crippen LogP contribution in [-0.4, -0.2) is 20.8 Å². The Morgan fingerprint density at radius 2 is 2.06 bits per heavy atom. The molecule has 0 amide bonds. The number of ether oxygens (including phenoxy) is 1. The van der Waals surface area contributed by atoms with E-state index in [4.69, 9.17) is 4.74 Å². The van der Waals surface area contributed by atoms with E-state index < -0.39 is 9.84 Å². The summed E-state index contributed by atoms with van der Waals surface area (Å²) in [5.74, 6) is 1.07. The van der Waals surface area contributed by atoms with Gasteiger partial charge in [0.2, 0.25) is 0 Å². The molecule has 88 valence electrons. The van der Waals surface area contributed by atoms with Crippen molar-refractivity contribution in [1.82, 2.24) is 0 Å². The maximum atomic E-state index is 11.9. The summed E-state index contributed by atoms with van der Waals surface area (Å²) in [6, 6.07) is 5.39. The molecule has 1 heterocycles. The molecule has 0 saturated heterocycles. The molecule has 0 atom stereocenters. The summed E-state index contributed by atoms with van der Waals surface area (Å²) in [5.41, 5.74) is 1.11. The Bertz CT molecular complexity index is 489. The second kappa shape index (κ2) is 4.09. The van der Waals surface area contributed by atoms with E-state index in [1.54, 1.807) is 6.07 Å². The van der Waals surface area contributed by atoms with Crippen LogP contribution in [0.5, 0.6) is 5.75 Å². The lowest BCUT2D eigenvalue weighted by Crippen LogP contribution is -2.05. The summed E-state index contributed by atoms with van der Waals surface area (Å²) in [4.78, 5) is 0.342. The first-order chi connectivity index (χ1) is 7.50. The summed E-state index contributed by atoms with van der Waals surface area (Å²) < 4.78 is 29.3. The van der Waals surface area contributed by atoms with Crippen LogP contribution in [0, 0.1) is 0 Å². The van der Waals surface area contributed by atoms with E-state index in [-0.39, 0.29) is 5.75 Å². The van der Waals surface area contributed by atoms with Gasteiger partial charge in [-0.2, -0.15) is 0 Å². The number of hydrogen-bond donors (Lipinski definition) is 0. The molecule has 16 heavy (non-hydrogen) atoms. The number of hydrogen-bond acceptors (Lipinski definition) is 3. The molecule has 1 aromatic carbocycles. The van der Waals surface area contributed by atoms with E-state index >= 15 is 0 Å². The summed E-state index contributed by atoms with van der Waals surface area (Å²) in [7, 11) is -3.15. The van der Waals surface area contributed by atoms with Crippen molar-refractivity contribution < 1.29 is 13.2 Å². The Labute approximate surface area is 96.4 Å². The van der Waals surface area contributed by atoms with Gasteiger partial charge >= 0.3 is 0 Å². The van der Waals surface area contributed by atoms with E-state index in [0.717, 1.165) is 5.56 Å². The Balaban J connectivity index is 2.54. The van der Waals surface area contributed by atoms with Gasteiger partial charge in [-0.05, 0) is 30.0 Å². The number of rotatable bonds is 1. The van der Waals surface area contributed by atoms with E-state index in [1.807, 2.05) is 12.1 Å². The van der Waals surface area contributed by atoms with Gasteiger partial charge in [-0.3, -0.25) is 0 Å². The lowest BCUT2D eigenvalue weighted by Gasteiger charge is -2.11. The maximum absolute atomic E-state index is 11.9. The highest BCUT2D eigenvalue weighted by Crippen LogP contribution is 2.31. The molecule has 2 rings (SSSR count). The fourth-order valence-corrected chi connectivity index (χ4v) is 3.21. The van der Waals surface area contributed by atoms with Crippen LogP contribution >= 0.6 is 0 Å². The van der Waals surface area contributed by atoms with Crippen LogP contribution in [0.2, 0.25) is 0 Å². The minimum absolute atomic E-state index is 0.182. The van der Waals surface area contributed by atoms with E-state index in [9.17, 15) is 8.42 Å². The fourth-order valence-electron chi connectivity index (χ4n) is 1.79. The van der Waals surface area contributed by atoms with Gasteiger partial charge in [0.15, 0.2) is 9.84 Å². The molecule has 0 N–H and O–H groups in total. The van der Waals surface area contributed by atoms with Gasteiger partial charge in [-0.25, -0.2) is 8.42 Å². The van der Waals surface area contributed by atoms with Gasteiger partial charge < -0.3 is 4.74 Å². The highest BCUT2D eigenvalue weighted by molar-refractivity contribution is 7.91. The smallest absolute Gasteiger partial charge is 0.182 e. The van der Waals surface area contributed by atoms with Gasteiger partial charge in [-0.1, -0.05) is 19.9 Å². The summed E-state index contributed by atoms with van der Waals surface area (Å²) in [6.07, 6.45) is 0.564. The maximum Gasteiger partial charge on any atom is 0.182 e. The molecule has 0 spiro atoms. The standard InChI is InChI=1S/C12H16O3S/c1-9(2)10-4-5-12-11(8-10)15-6-3-7-16(12,13)14/h4-5,8-9H,3,6-7H2,1-2H3. The van der Waals surface area contributed by atoms with Gasteiger partial charge in [0.05, 0.1) is 12.4 Å². The Morgan fingerprint density at radius 1 is 1.31 bits per heavy atom. The second-order valence-corrected chi connectivity index (χ2v) is 6.46. The van der Waals surface area contributed by atoms with Crippen LogP contribution in [0.1, 0.15) is 31.7 Å². The zero-order chi connectivity index (χ0) is 11.8. The number of sulfone groups is 1. The van der Waals surface area contributed by atoms with Crippen molar-refractivity contribution in [3.05, 3.63) is 23.8 Å². The molecular weight excluding hydrogens is 224 g/mol. The van der Waals surface area contributed by atoms with Crippen LogP contribution in [-0.2, 0) is 9.84 Å². The number of fused-ring (bicyclic) bond motifs is 1. The van der Waals surface area contributed by atoms with Crippen LogP contribution < -0.4 is 4.74 Å². The SMILES string of the molecule is CC(C)c1ccc2c(c1)OCCCS2(=O)=O. The van der Waals surface area contributed by atoms with Gasteiger partial charge in [0.25, 0.3) is 0 Å². The molecule has 0 radical (unpaired) electrons. The second-order valence-electron chi connectivity index (χ2n) is 4.38. The van der Waals surface area contributed by atoms with Crippen LogP contribution in [0.15, 0.2) is 23.1 Å². The zero-order valence-corrected chi connectivity index (χ0v) is 10.4.